The number of rotatable bonds is 5. The van der Waals surface area contributed by atoms with Crippen LogP contribution in [0.25, 0.3) is 5.69 Å². The van der Waals surface area contributed by atoms with Gasteiger partial charge >= 0.3 is 0 Å². The number of benzene rings is 1. The fraction of sp³-hybridized carbons (Fsp3) is 0.381. The first-order chi connectivity index (χ1) is 13.8. The van der Waals surface area contributed by atoms with Crippen molar-refractivity contribution in [2.45, 2.75) is 31.8 Å². The van der Waals surface area contributed by atoms with Crippen LogP contribution in [-0.2, 0) is 6.54 Å². The minimum absolute atomic E-state index is 0.104. The Morgan fingerprint density at radius 3 is 2.75 bits per heavy atom. The molecule has 1 atom stereocenters. The summed E-state index contributed by atoms with van der Waals surface area (Å²) in [5.74, 6) is 0.104. The summed E-state index contributed by atoms with van der Waals surface area (Å²) in [6.45, 7) is 2.70. The Bertz CT molecular complexity index is 930. The van der Waals surface area contributed by atoms with E-state index in [9.17, 15) is 4.79 Å². The zero-order chi connectivity index (χ0) is 19.0. The average Bonchev–Trinajstić information content (AvgIpc) is 3.18. The molecule has 5 rings (SSSR count). The van der Waals surface area contributed by atoms with E-state index >= 15 is 0 Å². The van der Waals surface area contributed by atoms with Crippen LogP contribution in [0.3, 0.4) is 0 Å². The second kappa shape index (κ2) is 7.14. The number of nitrogens with zero attached hydrogens (tertiary/aromatic N) is 4. The largest absolute Gasteiger partial charge is 0.328 e. The summed E-state index contributed by atoms with van der Waals surface area (Å²) in [4.78, 5) is 24.0. The van der Waals surface area contributed by atoms with Gasteiger partial charge in [0.25, 0.3) is 5.91 Å². The van der Waals surface area contributed by atoms with Crippen molar-refractivity contribution in [3.05, 3.63) is 65.1 Å². The van der Waals surface area contributed by atoms with Gasteiger partial charge in [0.15, 0.2) is 0 Å². The Balaban J connectivity index is 1.39. The van der Waals surface area contributed by atoms with Crippen molar-refractivity contribution in [2.75, 3.05) is 13.1 Å². The monoisotopic (exact) mass is 393 g/mol. The second-order valence-corrected chi connectivity index (χ2v) is 8.69. The fourth-order valence-corrected chi connectivity index (χ4v) is 5.00. The topological polar surface area (TPSA) is 63.1 Å². The van der Waals surface area contributed by atoms with Gasteiger partial charge < -0.3 is 14.8 Å². The number of aromatic nitrogens is 3. The fourth-order valence-electron chi connectivity index (χ4n) is 4.38. The summed E-state index contributed by atoms with van der Waals surface area (Å²) in [5, 5.41) is 6.42. The molecule has 7 heteroatoms. The van der Waals surface area contributed by atoms with Gasteiger partial charge in [-0.2, -0.15) is 0 Å². The molecule has 1 N–H and O–H groups in total. The maximum atomic E-state index is 13.4. The first-order valence-corrected chi connectivity index (χ1v) is 10.6. The number of imidazole rings is 1. The molecule has 3 aromatic rings. The molecular formula is C21H23N5OS. The Kier molecular flexibility index (Phi) is 4.49. The molecule has 1 aliphatic heterocycles. The number of amides is 1. The van der Waals surface area contributed by atoms with Gasteiger partial charge in [0, 0.05) is 41.3 Å². The lowest BCUT2D eigenvalue weighted by Gasteiger charge is -2.29. The summed E-state index contributed by atoms with van der Waals surface area (Å²) < 4.78 is 1.94. The summed E-state index contributed by atoms with van der Waals surface area (Å²) >= 11 is 1.62. The van der Waals surface area contributed by atoms with Gasteiger partial charge in [-0.3, -0.25) is 4.79 Å². The van der Waals surface area contributed by atoms with Crippen LogP contribution in [0, 0.1) is 5.41 Å². The number of carbonyl (C=O) groups excluding carboxylic acids is 1. The van der Waals surface area contributed by atoms with Crippen LogP contribution in [-0.4, -0.2) is 44.5 Å². The lowest BCUT2D eigenvalue weighted by molar-refractivity contribution is 0.0692. The maximum Gasteiger partial charge on any atom is 0.254 e. The number of carbonyl (C=O) groups is 1. The molecule has 3 heterocycles. The Labute approximate surface area is 168 Å². The van der Waals surface area contributed by atoms with E-state index in [0.717, 1.165) is 48.6 Å². The molecule has 1 spiro atoms. The highest BCUT2D eigenvalue weighted by molar-refractivity contribution is 7.09. The molecule has 2 aromatic heterocycles. The van der Waals surface area contributed by atoms with Gasteiger partial charge in [-0.15, -0.1) is 11.3 Å². The van der Waals surface area contributed by atoms with E-state index < -0.39 is 0 Å². The molecule has 28 heavy (non-hydrogen) atoms. The minimum Gasteiger partial charge on any atom is -0.328 e. The Hall–Kier alpha value is -2.51. The molecule has 1 saturated heterocycles. The molecule has 1 aromatic carbocycles. The SMILES string of the molecule is O=C(c1ccc(-n2ccnc2)cc1)N(Cc1nccs1)C1CC12CCNCC2. The minimum atomic E-state index is 0.104. The number of hydrogen-bond donors (Lipinski definition) is 1. The molecule has 0 bridgehead atoms. The quantitative estimate of drug-likeness (QED) is 0.723. The molecule has 1 unspecified atom stereocenters. The molecular weight excluding hydrogens is 370 g/mol. The molecule has 2 fully saturated rings. The molecule has 2 aliphatic rings. The van der Waals surface area contributed by atoms with E-state index in [1.54, 1.807) is 23.9 Å². The summed E-state index contributed by atoms with van der Waals surface area (Å²) in [7, 11) is 0. The summed E-state index contributed by atoms with van der Waals surface area (Å²) in [6.07, 6.45) is 10.6. The van der Waals surface area contributed by atoms with Crippen LogP contribution < -0.4 is 5.32 Å². The van der Waals surface area contributed by atoms with Gasteiger partial charge in [0.1, 0.15) is 5.01 Å². The highest BCUT2D eigenvalue weighted by atomic mass is 32.1. The van der Waals surface area contributed by atoms with Crippen molar-refractivity contribution in [3.8, 4) is 5.69 Å². The Morgan fingerprint density at radius 2 is 2.07 bits per heavy atom. The van der Waals surface area contributed by atoms with Gasteiger partial charge in [-0.05, 0) is 62.0 Å². The maximum absolute atomic E-state index is 13.4. The molecule has 6 nitrogen and oxygen atoms in total. The van der Waals surface area contributed by atoms with Gasteiger partial charge in [0.05, 0.1) is 12.9 Å². The van der Waals surface area contributed by atoms with Gasteiger partial charge in [-0.25, -0.2) is 9.97 Å². The zero-order valence-electron chi connectivity index (χ0n) is 15.6. The zero-order valence-corrected chi connectivity index (χ0v) is 16.4. The van der Waals surface area contributed by atoms with Crippen LogP contribution in [0.5, 0.6) is 0 Å². The van der Waals surface area contributed by atoms with Crippen LogP contribution >= 0.6 is 11.3 Å². The highest BCUT2D eigenvalue weighted by Crippen LogP contribution is 2.56. The van der Waals surface area contributed by atoms with E-state index in [1.807, 2.05) is 46.6 Å². The third-order valence-electron chi connectivity index (χ3n) is 6.09. The molecule has 144 valence electrons. The standard InChI is InChI=1S/C21H23N5OS/c27-20(16-1-3-17(4-2-16)25-11-9-23-15-25)26(14-19-24-10-12-28-19)18-13-21(18)5-7-22-8-6-21/h1-4,9-12,15,18,22H,5-8,13-14H2. The van der Waals surface area contributed by atoms with Crippen molar-refractivity contribution in [3.63, 3.8) is 0 Å². The van der Waals surface area contributed by atoms with E-state index in [1.165, 1.54) is 0 Å². The van der Waals surface area contributed by atoms with E-state index in [2.05, 4.69) is 20.2 Å². The second-order valence-electron chi connectivity index (χ2n) is 7.71. The van der Waals surface area contributed by atoms with Crippen molar-refractivity contribution in [1.82, 2.24) is 24.8 Å². The Morgan fingerprint density at radius 1 is 1.25 bits per heavy atom. The van der Waals surface area contributed by atoms with Crippen molar-refractivity contribution in [2.24, 2.45) is 5.41 Å². The number of piperidine rings is 1. The van der Waals surface area contributed by atoms with E-state index in [0.29, 0.717) is 18.0 Å². The first-order valence-electron chi connectivity index (χ1n) is 9.74. The normalized spacial score (nSPS) is 20.2. The smallest absolute Gasteiger partial charge is 0.254 e. The molecule has 0 radical (unpaired) electrons. The van der Waals surface area contributed by atoms with Gasteiger partial charge in [0.2, 0.25) is 0 Å². The van der Waals surface area contributed by atoms with Crippen LogP contribution in [0.1, 0.15) is 34.6 Å². The lowest BCUT2D eigenvalue weighted by Crippen LogP contribution is -2.39. The molecule has 1 saturated carbocycles. The van der Waals surface area contributed by atoms with Crippen molar-refractivity contribution in [1.29, 1.82) is 0 Å². The summed E-state index contributed by atoms with van der Waals surface area (Å²) in [5.41, 5.74) is 2.03. The predicted octanol–water partition coefficient (Wildman–Crippen LogP) is 3.11. The average molecular weight is 394 g/mol. The molecule has 1 amide bonds. The lowest BCUT2D eigenvalue weighted by atomic mass is 9.93. The van der Waals surface area contributed by atoms with E-state index in [4.69, 9.17) is 0 Å². The number of nitrogens with one attached hydrogen (secondary N) is 1. The predicted molar refractivity (Wildman–Crippen MR) is 108 cm³/mol. The molecule has 1 aliphatic carbocycles. The third kappa shape index (κ3) is 3.25. The van der Waals surface area contributed by atoms with Crippen LogP contribution in [0.4, 0.5) is 0 Å². The van der Waals surface area contributed by atoms with Crippen molar-refractivity contribution >= 4 is 17.2 Å². The third-order valence-corrected chi connectivity index (χ3v) is 6.85. The first kappa shape index (κ1) is 17.6. The summed E-state index contributed by atoms with van der Waals surface area (Å²) in [6, 6.07) is 8.11. The van der Waals surface area contributed by atoms with E-state index in [-0.39, 0.29) is 5.91 Å². The van der Waals surface area contributed by atoms with Crippen LogP contribution in [0.15, 0.2) is 54.6 Å². The number of thiazole rings is 1. The van der Waals surface area contributed by atoms with Crippen LogP contribution in [0.2, 0.25) is 0 Å². The van der Waals surface area contributed by atoms with Crippen molar-refractivity contribution < 1.29 is 4.79 Å². The van der Waals surface area contributed by atoms with Gasteiger partial charge in [-0.1, -0.05) is 0 Å². The number of hydrogen-bond acceptors (Lipinski definition) is 5. The highest BCUT2D eigenvalue weighted by Gasteiger charge is 2.57.